The van der Waals surface area contributed by atoms with Crippen LogP contribution in [-0.2, 0) is 56.8 Å². The van der Waals surface area contributed by atoms with Gasteiger partial charge in [0, 0.05) is 25.9 Å². The third kappa shape index (κ3) is 27.1. The zero-order chi connectivity index (χ0) is 35.4. The van der Waals surface area contributed by atoms with Gasteiger partial charge in [0.25, 0.3) is 0 Å². The van der Waals surface area contributed by atoms with Gasteiger partial charge < -0.3 is 67.9 Å². The van der Waals surface area contributed by atoms with Crippen molar-refractivity contribution < 1.29 is 61.6 Å². The van der Waals surface area contributed by atoms with Gasteiger partial charge in [-0.1, -0.05) is 0 Å². The van der Waals surface area contributed by atoms with Crippen molar-refractivity contribution in [3.8, 4) is 11.8 Å². The maximum absolute atomic E-state index is 11.9. The van der Waals surface area contributed by atoms with Gasteiger partial charge in [-0.3, -0.25) is 0 Å². The number of rotatable bonds is 37. The molecule has 1 amide bonds. The van der Waals surface area contributed by atoms with E-state index >= 15 is 0 Å². The number of alkyl carbamates (subject to hydrolysis) is 1. The lowest BCUT2D eigenvalue weighted by Crippen LogP contribution is -2.29. The van der Waals surface area contributed by atoms with E-state index in [4.69, 9.17) is 62.6 Å². The second-order valence-electron chi connectivity index (χ2n) is 11.5. The number of ether oxygens (including phenoxy) is 12. The summed E-state index contributed by atoms with van der Waals surface area (Å²) in [6.07, 6.45) is 3.79. The first-order chi connectivity index (χ1) is 24.8. The topological polar surface area (TPSA) is 166 Å². The van der Waals surface area contributed by atoms with Crippen LogP contribution in [0.1, 0.15) is 25.7 Å². The Bertz CT molecular complexity index is 814. The monoisotopic (exact) mass is 720 g/mol. The van der Waals surface area contributed by atoms with Gasteiger partial charge in [0.05, 0.1) is 152 Å². The summed E-state index contributed by atoms with van der Waals surface area (Å²) in [5.41, 5.74) is 5.33. The van der Waals surface area contributed by atoms with Crippen LogP contribution in [0.5, 0.6) is 0 Å². The molecule has 0 aromatic carbocycles. The van der Waals surface area contributed by atoms with Gasteiger partial charge in [0.15, 0.2) is 0 Å². The van der Waals surface area contributed by atoms with E-state index in [2.05, 4.69) is 17.2 Å². The van der Waals surface area contributed by atoms with Gasteiger partial charge in [0.1, 0.15) is 0 Å². The number of carbonyl (C=O) groups is 1. The number of amides is 1. The van der Waals surface area contributed by atoms with Crippen molar-refractivity contribution in [2.75, 3.05) is 165 Å². The summed E-state index contributed by atoms with van der Waals surface area (Å²) in [4.78, 5) is 11.9. The number of hydrogen-bond donors (Lipinski definition) is 2. The summed E-state index contributed by atoms with van der Waals surface area (Å²) in [6.45, 7) is 12.4. The zero-order valence-electron chi connectivity index (χ0n) is 30.1. The maximum Gasteiger partial charge on any atom is 0.407 e. The predicted octanol–water partition coefficient (Wildman–Crippen LogP) is 1.29. The highest BCUT2D eigenvalue weighted by Gasteiger charge is 2.49. The number of fused-ring (bicyclic) bond motifs is 1. The molecule has 1 unspecified atom stereocenters. The summed E-state index contributed by atoms with van der Waals surface area (Å²) < 4.78 is 65.2. The van der Waals surface area contributed by atoms with E-state index in [0.29, 0.717) is 183 Å². The second kappa shape index (κ2) is 34.4. The smallest absolute Gasteiger partial charge is 0.407 e. The molecule has 0 aliphatic heterocycles. The van der Waals surface area contributed by atoms with E-state index in [9.17, 15) is 4.79 Å². The second-order valence-corrected chi connectivity index (χ2v) is 11.5. The molecule has 0 spiro atoms. The average molecular weight is 721 g/mol. The summed E-state index contributed by atoms with van der Waals surface area (Å²) in [5.74, 6) is 8.24. The molecule has 50 heavy (non-hydrogen) atoms. The van der Waals surface area contributed by atoms with Crippen LogP contribution < -0.4 is 11.1 Å². The molecule has 0 aromatic rings. The molecule has 1 fully saturated rings. The van der Waals surface area contributed by atoms with Crippen LogP contribution in [-0.4, -0.2) is 171 Å². The molecule has 0 radical (unpaired) electrons. The molecule has 15 nitrogen and oxygen atoms in total. The summed E-state index contributed by atoms with van der Waals surface area (Å²) >= 11 is 0. The van der Waals surface area contributed by atoms with Crippen molar-refractivity contribution in [3.05, 3.63) is 0 Å². The lowest BCUT2D eigenvalue weighted by molar-refractivity contribution is -0.0274. The van der Waals surface area contributed by atoms with Crippen molar-refractivity contribution in [2.24, 2.45) is 23.5 Å². The summed E-state index contributed by atoms with van der Waals surface area (Å²) in [7, 11) is 0. The third-order valence-corrected chi connectivity index (χ3v) is 7.74. The molecule has 0 bridgehead atoms. The molecular formula is C35H64N2O13. The SMILES string of the molecule is NCCOCCOCCOCCOCCOCCOCCOCCOCCOCCOCCOCCNC(=O)OCC1[C@H]2CCC#CCC[C@@H]12. The molecule has 292 valence electrons. The molecule has 2 rings (SSSR count). The van der Waals surface area contributed by atoms with Crippen molar-refractivity contribution in [1.29, 1.82) is 0 Å². The van der Waals surface area contributed by atoms with Crippen molar-refractivity contribution in [2.45, 2.75) is 25.7 Å². The highest BCUT2D eigenvalue weighted by atomic mass is 16.6. The van der Waals surface area contributed by atoms with E-state index < -0.39 is 0 Å². The lowest BCUT2D eigenvalue weighted by atomic mass is 10.1. The van der Waals surface area contributed by atoms with Gasteiger partial charge in [0.2, 0.25) is 0 Å². The minimum atomic E-state index is -0.380. The first kappa shape index (κ1) is 44.5. The molecule has 2 aliphatic carbocycles. The standard InChI is InChI=1S/C35H64N2O13/c36-7-9-39-11-13-41-15-17-43-19-21-45-23-25-47-27-29-49-30-28-48-26-24-46-22-20-44-18-16-42-14-12-40-10-8-37-35(38)50-31-34-32-5-3-1-2-4-6-33(32)34/h32-34H,3-31,36H2,(H,37,38)/t32-,33+,34?. The molecule has 3 N–H and O–H groups in total. The Morgan fingerprint density at radius 1 is 0.480 bits per heavy atom. The fourth-order valence-corrected chi connectivity index (χ4v) is 5.12. The maximum atomic E-state index is 11.9. The van der Waals surface area contributed by atoms with Crippen molar-refractivity contribution in [3.63, 3.8) is 0 Å². The average Bonchev–Trinajstić information content (AvgIpc) is 3.77. The van der Waals surface area contributed by atoms with E-state index in [-0.39, 0.29) is 6.09 Å². The van der Waals surface area contributed by atoms with E-state index in [1.807, 2.05) is 0 Å². The van der Waals surface area contributed by atoms with Crippen LogP contribution >= 0.6 is 0 Å². The number of nitrogens with two attached hydrogens (primary N) is 1. The molecular weight excluding hydrogens is 656 g/mol. The molecule has 1 saturated carbocycles. The Labute approximate surface area is 299 Å². The van der Waals surface area contributed by atoms with Crippen molar-refractivity contribution in [1.82, 2.24) is 5.32 Å². The lowest BCUT2D eigenvalue weighted by Gasteiger charge is -2.09. The highest BCUT2D eigenvalue weighted by molar-refractivity contribution is 5.67. The van der Waals surface area contributed by atoms with E-state index in [0.717, 1.165) is 25.7 Å². The molecule has 3 atom stereocenters. The third-order valence-electron chi connectivity index (χ3n) is 7.74. The molecule has 2 aliphatic rings. The number of hydrogen-bond acceptors (Lipinski definition) is 14. The molecule has 0 heterocycles. The van der Waals surface area contributed by atoms with Crippen LogP contribution in [0.4, 0.5) is 4.79 Å². The van der Waals surface area contributed by atoms with Crippen LogP contribution in [0.25, 0.3) is 0 Å². The van der Waals surface area contributed by atoms with E-state index in [1.54, 1.807) is 0 Å². The first-order valence-electron chi connectivity index (χ1n) is 18.2. The number of nitrogens with one attached hydrogen (secondary N) is 1. The fourth-order valence-electron chi connectivity index (χ4n) is 5.12. The van der Waals surface area contributed by atoms with Gasteiger partial charge >= 0.3 is 6.09 Å². The van der Waals surface area contributed by atoms with Crippen LogP contribution in [0.15, 0.2) is 0 Å². The van der Waals surface area contributed by atoms with Crippen LogP contribution in [0.2, 0.25) is 0 Å². The fraction of sp³-hybridized carbons (Fsp3) is 0.914. The minimum absolute atomic E-state index is 0.380. The minimum Gasteiger partial charge on any atom is -0.449 e. The van der Waals surface area contributed by atoms with Gasteiger partial charge in [-0.25, -0.2) is 4.79 Å². The highest BCUT2D eigenvalue weighted by Crippen LogP contribution is 2.52. The van der Waals surface area contributed by atoms with Crippen molar-refractivity contribution >= 4 is 6.09 Å². The molecule has 0 saturated heterocycles. The summed E-state index contributed by atoms with van der Waals surface area (Å²) in [5, 5.41) is 2.74. The Morgan fingerprint density at radius 3 is 1.10 bits per heavy atom. The Hall–Kier alpha value is -1.65. The Kier molecular flexibility index (Phi) is 30.7. The Morgan fingerprint density at radius 2 is 0.780 bits per heavy atom. The Balaban J connectivity index is 1.15. The zero-order valence-corrected chi connectivity index (χ0v) is 30.1. The predicted molar refractivity (Wildman–Crippen MR) is 184 cm³/mol. The van der Waals surface area contributed by atoms with Crippen LogP contribution in [0, 0.1) is 29.6 Å². The molecule has 0 aromatic heterocycles. The largest absolute Gasteiger partial charge is 0.449 e. The van der Waals surface area contributed by atoms with Gasteiger partial charge in [-0.05, 0) is 30.6 Å². The molecule has 15 heteroatoms. The summed E-state index contributed by atoms with van der Waals surface area (Å²) in [6, 6.07) is 0. The van der Waals surface area contributed by atoms with Gasteiger partial charge in [-0.15, -0.1) is 11.8 Å². The number of carbonyl (C=O) groups excluding carboxylic acids is 1. The van der Waals surface area contributed by atoms with E-state index in [1.165, 1.54) is 0 Å². The van der Waals surface area contributed by atoms with Gasteiger partial charge in [-0.2, -0.15) is 0 Å². The first-order valence-corrected chi connectivity index (χ1v) is 18.2. The van der Waals surface area contributed by atoms with Crippen LogP contribution in [0.3, 0.4) is 0 Å². The normalized spacial score (nSPS) is 18.1. The quantitative estimate of drug-likeness (QED) is 0.0697.